The molecule has 0 aliphatic carbocycles. The average molecular weight is 245 g/mol. The number of carbonyl (C=O) groups is 1. The minimum Gasteiger partial charge on any atom is -0.453 e. The standard InChI is InChI=1S/C15H19NO2/c1-3-4-9-14-13-8-6-5-7-12(13)10-11-16(14)15(17)18-2/h3,5-8,14H,1,4,9-11H2,2H3. The molecule has 0 saturated heterocycles. The molecule has 1 aromatic rings. The first kappa shape index (κ1) is 12.7. The number of nitrogens with zero attached hydrogens (tertiary/aromatic N) is 1. The van der Waals surface area contributed by atoms with Crippen LogP contribution >= 0.6 is 0 Å². The van der Waals surface area contributed by atoms with Crippen LogP contribution in [0.2, 0.25) is 0 Å². The summed E-state index contributed by atoms with van der Waals surface area (Å²) in [6.45, 7) is 4.48. The quantitative estimate of drug-likeness (QED) is 0.764. The molecular formula is C15H19NO2. The molecule has 18 heavy (non-hydrogen) atoms. The maximum atomic E-state index is 11.8. The lowest BCUT2D eigenvalue weighted by Crippen LogP contribution is -2.40. The number of methoxy groups -OCH3 is 1. The zero-order valence-electron chi connectivity index (χ0n) is 10.8. The van der Waals surface area contributed by atoms with Gasteiger partial charge >= 0.3 is 6.09 Å². The summed E-state index contributed by atoms with van der Waals surface area (Å²) >= 11 is 0. The summed E-state index contributed by atoms with van der Waals surface area (Å²) in [6, 6.07) is 8.45. The van der Waals surface area contributed by atoms with Crippen molar-refractivity contribution in [3.05, 3.63) is 48.0 Å². The van der Waals surface area contributed by atoms with E-state index in [4.69, 9.17) is 4.74 Å². The highest BCUT2D eigenvalue weighted by Gasteiger charge is 2.30. The summed E-state index contributed by atoms with van der Waals surface area (Å²) in [5.41, 5.74) is 2.59. The molecule has 0 spiro atoms. The normalized spacial score (nSPS) is 18.1. The van der Waals surface area contributed by atoms with Gasteiger partial charge in [0.05, 0.1) is 13.2 Å². The van der Waals surface area contributed by atoms with Crippen LogP contribution in [0, 0.1) is 0 Å². The first-order chi connectivity index (χ1) is 8.77. The molecular weight excluding hydrogens is 226 g/mol. The Hall–Kier alpha value is -1.77. The molecule has 0 aromatic heterocycles. The lowest BCUT2D eigenvalue weighted by atomic mass is 9.90. The van der Waals surface area contributed by atoms with E-state index in [1.807, 2.05) is 17.0 Å². The molecule has 3 nitrogen and oxygen atoms in total. The Morgan fingerprint density at radius 3 is 3.06 bits per heavy atom. The van der Waals surface area contributed by atoms with Crippen molar-refractivity contribution in [2.24, 2.45) is 0 Å². The van der Waals surface area contributed by atoms with Gasteiger partial charge in [-0.15, -0.1) is 6.58 Å². The highest BCUT2D eigenvalue weighted by atomic mass is 16.5. The molecule has 1 aliphatic rings. The second-order valence-electron chi connectivity index (χ2n) is 4.49. The van der Waals surface area contributed by atoms with Gasteiger partial charge in [-0.3, -0.25) is 0 Å². The lowest BCUT2D eigenvalue weighted by Gasteiger charge is -2.36. The predicted octanol–water partition coefficient (Wildman–Crippen LogP) is 3.32. The van der Waals surface area contributed by atoms with E-state index in [2.05, 4.69) is 24.8 Å². The highest BCUT2D eigenvalue weighted by molar-refractivity contribution is 5.68. The van der Waals surface area contributed by atoms with Crippen LogP contribution in [0.25, 0.3) is 0 Å². The van der Waals surface area contributed by atoms with Crippen LogP contribution in [-0.4, -0.2) is 24.6 Å². The van der Waals surface area contributed by atoms with E-state index in [1.165, 1.54) is 18.2 Å². The van der Waals surface area contributed by atoms with Crippen LogP contribution in [0.5, 0.6) is 0 Å². The van der Waals surface area contributed by atoms with Gasteiger partial charge in [-0.25, -0.2) is 4.79 Å². The Morgan fingerprint density at radius 2 is 2.33 bits per heavy atom. The van der Waals surface area contributed by atoms with Gasteiger partial charge in [-0.2, -0.15) is 0 Å². The minimum atomic E-state index is -0.237. The molecule has 1 aliphatic heterocycles. The Labute approximate surface area is 108 Å². The fraction of sp³-hybridized carbons (Fsp3) is 0.400. The summed E-state index contributed by atoms with van der Waals surface area (Å²) in [6.07, 6.45) is 4.35. The van der Waals surface area contributed by atoms with Gasteiger partial charge in [-0.05, 0) is 30.4 Å². The summed E-state index contributed by atoms with van der Waals surface area (Å²) in [5.74, 6) is 0. The molecule has 0 saturated carbocycles. The van der Waals surface area contributed by atoms with E-state index >= 15 is 0 Å². The highest BCUT2D eigenvalue weighted by Crippen LogP contribution is 2.33. The minimum absolute atomic E-state index is 0.111. The second-order valence-corrected chi connectivity index (χ2v) is 4.49. The van der Waals surface area contributed by atoms with Crippen molar-refractivity contribution >= 4 is 6.09 Å². The largest absolute Gasteiger partial charge is 0.453 e. The van der Waals surface area contributed by atoms with E-state index in [0.717, 1.165) is 25.8 Å². The molecule has 1 atom stereocenters. The van der Waals surface area contributed by atoms with Gasteiger partial charge in [-0.1, -0.05) is 30.3 Å². The monoisotopic (exact) mass is 245 g/mol. The molecule has 3 heteroatoms. The van der Waals surface area contributed by atoms with Gasteiger partial charge in [0.1, 0.15) is 0 Å². The Bertz CT molecular complexity index is 442. The Balaban J connectivity index is 2.30. The average Bonchev–Trinajstić information content (AvgIpc) is 2.43. The van der Waals surface area contributed by atoms with Crippen LogP contribution in [0.1, 0.15) is 30.0 Å². The SMILES string of the molecule is C=CCCC1c2ccccc2CCN1C(=O)OC. The molecule has 1 amide bonds. The fourth-order valence-corrected chi connectivity index (χ4v) is 2.57. The predicted molar refractivity (Wildman–Crippen MR) is 71.4 cm³/mol. The van der Waals surface area contributed by atoms with Crippen molar-refractivity contribution in [2.75, 3.05) is 13.7 Å². The van der Waals surface area contributed by atoms with Crippen molar-refractivity contribution in [3.8, 4) is 0 Å². The second kappa shape index (κ2) is 5.71. The van der Waals surface area contributed by atoms with E-state index in [0.29, 0.717) is 0 Å². The smallest absolute Gasteiger partial charge is 0.410 e. The van der Waals surface area contributed by atoms with E-state index in [-0.39, 0.29) is 12.1 Å². The lowest BCUT2D eigenvalue weighted by molar-refractivity contribution is 0.0986. The molecule has 1 heterocycles. The number of hydrogen-bond acceptors (Lipinski definition) is 2. The Morgan fingerprint density at radius 1 is 1.56 bits per heavy atom. The van der Waals surface area contributed by atoms with Gasteiger partial charge in [0.15, 0.2) is 0 Å². The van der Waals surface area contributed by atoms with Crippen LogP contribution in [0.3, 0.4) is 0 Å². The maximum Gasteiger partial charge on any atom is 0.410 e. The van der Waals surface area contributed by atoms with Gasteiger partial charge in [0, 0.05) is 6.54 Å². The van der Waals surface area contributed by atoms with Crippen LogP contribution in [0.4, 0.5) is 4.79 Å². The zero-order valence-corrected chi connectivity index (χ0v) is 10.8. The van der Waals surface area contributed by atoms with Crippen LogP contribution in [0.15, 0.2) is 36.9 Å². The van der Waals surface area contributed by atoms with E-state index in [9.17, 15) is 4.79 Å². The number of rotatable bonds is 3. The molecule has 96 valence electrons. The number of carbonyl (C=O) groups excluding carboxylic acids is 1. The van der Waals surface area contributed by atoms with Crippen molar-refractivity contribution in [1.82, 2.24) is 4.90 Å². The topological polar surface area (TPSA) is 29.5 Å². The molecule has 2 rings (SSSR count). The van der Waals surface area contributed by atoms with Crippen molar-refractivity contribution in [2.45, 2.75) is 25.3 Å². The molecule has 0 N–H and O–H groups in total. The number of allylic oxidation sites excluding steroid dienone is 1. The van der Waals surface area contributed by atoms with Crippen molar-refractivity contribution in [3.63, 3.8) is 0 Å². The van der Waals surface area contributed by atoms with Crippen molar-refractivity contribution < 1.29 is 9.53 Å². The van der Waals surface area contributed by atoms with E-state index < -0.39 is 0 Å². The molecule has 1 aromatic carbocycles. The molecule has 1 unspecified atom stereocenters. The molecule has 0 fully saturated rings. The number of hydrogen-bond donors (Lipinski definition) is 0. The zero-order chi connectivity index (χ0) is 13.0. The first-order valence-electron chi connectivity index (χ1n) is 6.31. The summed E-state index contributed by atoms with van der Waals surface area (Å²) in [7, 11) is 1.44. The number of amides is 1. The van der Waals surface area contributed by atoms with Crippen molar-refractivity contribution in [1.29, 1.82) is 0 Å². The third-order valence-electron chi connectivity index (χ3n) is 3.47. The number of benzene rings is 1. The number of fused-ring (bicyclic) bond motifs is 1. The number of ether oxygens (including phenoxy) is 1. The van der Waals surface area contributed by atoms with E-state index in [1.54, 1.807) is 0 Å². The molecule has 0 bridgehead atoms. The third kappa shape index (κ3) is 2.40. The third-order valence-corrected chi connectivity index (χ3v) is 3.47. The Kier molecular flexibility index (Phi) is 4.03. The maximum absolute atomic E-state index is 11.8. The summed E-state index contributed by atoms with van der Waals surface area (Å²) in [5, 5.41) is 0. The molecule has 0 radical (unpaired) electrons. The van der Waals surface area contributed by atoms with Crippen LogP contribution < -0.4 is 0 Å². The first-order valence-corrected chi connectivity index (χ1v) is 6.31. The van der Waals surface area contributed by atoms with Crippen LogP contribution in [-0.2, 0) is 11.2 Å². The van der Waals surface area contributed by atoms with Gasteiger partial charge in [0.2, 0.25) is 0 Å². The van der Waals surface area contributed by atoms with Gasteiger partial charge < -0.3 is 9.64 Å². The summed E-state index contributed by atoms with van der Waals surface area (Å²) in [4.78, 5) is 13.7. The van der Waals surface area contributed by atoms with Gasteiger partial charge in [0.25, 0.3) is 0 Å². The fourth-order valence-electron chi connectivity index (χ4n) is 2.57. The summed E-state index contributed by atoms with van der Waals surface area (Å²) < 4.78 is 4.88.